The van der Waals surface area contributed by atoms with Crippen LogP contribution in [-0.2, 0) is 6.42 Å². The van der Waals surface area contributed by atoms with E-state index in [1.54, 1.807) is 17.1 Å². The van der Waals surface area contributed by atoms with E-state index in [0.717, 1.165) is 18.4 Å². The van der Waals surface area contributed by atoms with Gasteiger partial charge in [0.15, 0.2) is 6.29 Å². The minimum Gasteiger partial charge on any atom is -0.296 e. The van der Waals surface area contributed by atoms with Crippen molar-refractivity contribution in [2.24, 2.45) is 0 Å². The van der Waals surface area contributed by atoms with Crippen LogP contribution in [0.25, 0.3) is 5.69 Å². The zero-order valence-corrected chi connectivity index (χ0v) is 8.55. The van der Waals surface area contributed by atoms with E-state index in [9.17, 15) is 4.79 Å². The van der Waals surface area contributed by atoms with Crippen molar-refractivity contribution >= 4 is 6.29 Å². The van der Waals surface area contributed by atoms with Gasteiger partial charge in [0.2, 0.25) is 0 Å². The van der Waals surface area contributed by atoms with Crippen LogP contribution in [0.1, 0.15) is 23.0 Å². The number of hydrogen-bond donors (Lipinski definition) is 0. The zero-order valence-electron chi connectivity index (χ0n) is 8.55. The molecule has 1 aromatic carbocycles. The second kappa shape index (κ2) is 4.09. The number of aldehydes is 1. The number of benzene rings is 1. The molecule has 1 heterocycles. The van der Waals surface area contributed by atoms with Gasteiger partial charge in [-0.05, 0) is 24.1 Å². The van der Waals surface area contributed by atoms with Gasteiger partial charge in [0.05, 0.1) is 12.5 Å². The van der Waals surface area contributed by atoms with Crippen LogP contribution in [0.4, 0.5) is 0 Å². The van der Waals surface area contributed by atoms with E-state index < -0.39 is 0 Å². The highest BCUT2D eigenvalue weighted by Crippen LogP contribution is 2.11. The molecule has 0 radical (unpaired) electrons. The van der Waals surface area contributed by atoms with E-state index in [0.29, 0.717) is 5.69 Å². The maximum absolute atomic E-state index is 10.7. The molecular formula is C12H12N2O. The van der Waals surface area contributed by atoms with E-state index in [1.807, 2.05) is 12.1 Å². The maximum Gasteiger partial charge on any atom is 0.168 e. The van der Waals surface area contributed by atoms with Crippen LogP contribution < -0.4 is 0 Å². The van der Waals surface area contributed by atoms with E-state index in [1.165, 1.54) is 5.56 Å². The van der Waals surface area contributed by atoms with E-state index in [2.05, 4.69) is 24.0 Å². The lowest BCUT2D eigenvalue weighted by molar-refractivity contribution is 0.111. The Labute approximate surface area is 88.4 Å². The van der Waals surface area contributed by atoms with Gasteiger partial charge in [0, 0.05) is 5.69 Å². The molecule has 2 aromatic rings. The smallest absolute Gasteiger partial charge is 0.168 e. The predicted molar refractivity (Wildman–Crippen MR) is 58.3 cm³/mol. The Hall–Kier alpha value is -1.90. The fraction of sp³-hybridized carbons (Fsp3) is 0.167. The first-order chi connectivity index (χ1) is 7.35. The van der Waals surface area contributed by atoms with Crippen LogP contribution in [0.15, 0.2) is 36.8 Å². The van der Waals surface area contributed by atoms with Crippen LogP contribution in [0.2, 0.25) is 0 Å². The molecule has 0 fully saturated rings. The molecule has 76 valence electrons. The van der Waals surface area contributed by atoms with Gasteiger partial charge in [0.1, 0.15) is 5.69 Å². The van der Waals surface area contributed by atoms with Gasteiger partial charge >= 0.3 is 0 Å². The van der Waals surface area contributed by atoms with Gasteiger partial charge in [0.25, 0.3) is 0 Å². The molecule has 0 aliphatic rings. The average Bonchev–Trinajstić information content (AvgIpc) is 2.77. The Morgan fingerprint density at radius 2 is 2.07 bits per heavy atom. The van der Waals surface area contributed by atoms with Gasteiger partial charge in [-0.3, -0.25) is 9.36 Å². The predicted octanol–water partition coefficient (Wildman–Crippen LogP) is 2.25. The monoisotopic (exact) mass is 200 g/mol. The Kier molecular flexibility index (Phi) is 2.63. The molecule has 2 rings (SSSR count). The third-order valence-electron chi connectivity index (χ3n) is 2.41. The van der Waals surface area contributed by atoms with E-state index >= 15 is 0 Å². The highest BCUT2D eigenvalue weighted by Gasteiger charge is 2.02. The van der Waals surface area contributed by atoms with Gasteiger partial charge < -0.3 is 0 Å². The fourth-order valence-corrected chi connectivity index (χ4v) is 1.50. The summed E-state index contributed by atoms with van der Waals surface area (Å²) in [4.78, 5) is 14.7. The van der Waals surface area contributed by atoms with Crippen LogP contribution in [-0.4, -0.2) is 15.8 Å². The lowest BCUT2D eigenvalue weighted by atomic mass is 10.1. The molecule has 0 aliphatic heterocycles. The van der Waals surface area contributed by atoms with Crippen LogP contribution in [0.3, 0.4) is 0 Å². The Bertz CT molecular complexity index is 457. The van der Waals surface area contributed by atoms with E-state index in [-0.39, 0.29) is 0 Å². The zero-order chi connectivity index (χ0) is 10.7. The van der Waals surface area contributed by atoms with Gasteiger partial charge in [-0.1, -0.05) is 19.1 Å². The molecule has 3 nitrogen and oxygen atoms in total. The summed E-state index contributed by atoms with van der Waals surface area (Å²) in [5.41, 5.74) is 2.82. The van der Waals surface area contributed by atoms with Crippen LogP contribution in [0, 0.1) is 0 Å². The highest BCUT2D eigenvalue weighted by molar-refractivity contribution is 5.73. The molecule has 0 saturated heterocycles. The Morgan fingerprint density at radius 3 is 2.67 bits per heavy atom. The molecule has 15 heavy (non-hydrogen) atoms. The van der Waals surface area contributed by atoms with Crippen molar-refractivity contribution < 1.29 is 4.79 Å². The molecule has 0 unspecified atom stereocenters. The van der Waals surface area contributed by atoms with Crippen molar-refractivity contribution in [1.29, 1.82) is 0 Å². The average molecular weight is 200 g/mol. The van der Waals surface area contributed by atoms with Crippen molar-refractivity contribution in [3.8, 4) is 5.69 Å². The van der Waals surface area contributed by atoms with Crippen LogP contribution >= 0.6 is 0 Å². The minimum absolute atomic E-state index is 0.569. The van der Waals surface area contributed by atoms with Gasteiger partial charge in [-0.25, -0.2) is 4.98 Å². The standard InChI is InChI=1S/C12H12N2O/c1-2-10-3-5-11(6-4-10)14-9-13-7-12(14)8-15/h3-9H,2H2,1H3. The molecule has 0 saturated carbocycles. The lowest BCUT2D eigenvalue weighted by Gasteiger charge is -2.04. The Balaban J connectivity index is 2.41. The molecule has 0 atom stereocenters. The topological polar surface area (TPSA) is 34.9 Å². The summed E-state index contributed by atoms with van der Waals surface area (Å²) in [5, 5.41) is 0. The van der Waals surface area contributed by atoms with Crippen molar-refractivity contribution in [3.63, 3.8) is 0 Å². The number of aromatic nitrogens is 2. The molecular weight excluding hydrogens is 188 g/mol. The summed E-state index contributed by atoms with van der Waals surface area (Å²) in [6, 6.07) is 8.11. The van der Waals surface area contributed by atoms with Gasteiger partial charge in [-0.2, -0.15) is 0 Å². The van der Waals surface area contributed by atoms with Crippen molar-refractivity contribution in [1.82, 2.24) is 9.55 Å². The maximum atomic E-state index is 10.7. The highest BCUT2D eigenvalue weighted by atomic mass is 16.1. The third kappa shape index (κ3) is 1.81. The van der Waals surface area contributed by atoms with E-state index in [4.69, 9.17) is 0 Å². The lowest BCUT2D eigenvalue weighted by Crippen LogP contribution is -1.97. The molecule has 0 amide bonds. The summed E-state index contributed by atoms with van der Waals surface area (Å²) >= 11 is 0. The largest absolute Gasteiger partial charge is 0.296 e. The Morgan fingerprint density at radius 1 is 1.33 bits per heavy atom. The number of hydrogen-bond acceptors (Lipinski definition) is 2. The summed E-state index contributed by atoms with van der Waals surface area (Å²) < 4.78 is 1.77. The molecule has 0 spiro atoms. The first-order valence-corrected chi connectivity index (χ1v) is 4.92. The molecule has 1 aromatic heterocycles. The summed E-state index contributed by atoms with van der Waals surface area (Å²) in [6.45, 7) is 2.11. The number of aryl methyl sites for hydroxylation is 1. The molecule has 0 N–H and O–H groups in total. The summed E-state index contributed by atoms with van der Waals surface area (Å²) in [7, 11) is 0. The second-order valence-corrected chi connectivity index (χ2v) is 3.33. The third-order valence-corrected chi connectivity index (χ3v) is 2.41. The SMILES string of the molecule is CCc1ccc(-n2cncc2C=O)cc1. The minimum atomic E-state index is 0.569. The molecule has 3 heteroatoms. The number of carbonyl (C=O) groups excluding carboxylic acids is 1. The quantitative estimate of drug-likeness (QED) is 0.712. The van der Waals surface area contributed by atoms with Crippen LogP contribution in [0.5, 0.6) is 0 Å². The number of nitrogens with zero attached hydrogens (tertiary/aromatic N) is 2. The van der Waals surface area contributed by atoms with Crippen molar-refractivity contribution in [3.05, 3.63) is 48.0 Å². The van der Waals surface area contributed by atoms with Gasteiger partial charge in [-0.15, -0.1) is 0 Å². The first kappa shape index (κ1) is 9.65. The molecule has 0 bridgehead atoms. The summed E-state index contributed by atoms with van der Waals surface area (Å²) in [6.07, 6.45) is 5.02. The summed E-state index contributed by atoms with van der Waals surface area (Å²) in [5.74, 6) is 0. The molecule has 0 aliphatic carbocycles. The second-order valence-electron chi connectivity index (χ2n) is 3.33. The van der Waals surface area contributed by atoms with Crippen molar-refractivity contribution in [2.75, 3.05) is 0 Å². The first-order valence-electron chi connectivity index (χ1n) is 4.92. The normalized spacial score (nSPS) is 10.2. The number of imidazole rings is 1. The van der Waals surface area contributed by atoms with Crippen molar-refractivity contribution in [2.45, 2.75) is 13.3 Å². The number of carbonyl (C=O) groups is 1. The fourth-order valence-electron chi connectivity index (χ4n) is 1.50. The number of rotatable bonds is 3.